The summed E-state index contributed by atoms with van der Waals surface area (Å²) in [6, 6.07) is 9.44. The maximum atomic E-state index is 12.7. The molecule has 1 atom stereocenters. The Morgan fingerprint density at radius 3 is 2.59 bits per heavy atom. The molecule has 1 aliphatic rings. The molecule has 1 aromatic heterocycles. The van der Waals surface area contributed by atoms with E-state index in [9.17, 15) is 14.7 Å². The van der Waals surface area contributed by atoms with Crippen molar-refractivity contribution in [1.29, 1.82) is 0 Å². The predicted molar refractivity (Wildman–Crippen MR) is 99.9 cm³/mol. The molecule has 3 N–H and O–H groups in total. The number of likely N-dealkylation sites (tertiary alicyclic amines) is 1. The molecular formula is C20H21N3O4. The van der Waals surface area contributed by atoms with Gasteiger partial charge in [0.1, 0.15) is 11.5 Å². The average molecular weight is 367 g/mol. The maximum absolute atomic E-state index is 12.7. The predicted octanol–water partition coefficient (Wildman–Crippen LogP) is 1.86. The number of aliphatic hydroxyl groups excluding tert-OH is 1. The number of nitrogens with two attached hydrogens (primary N) is 1. The van der Waals surface area contributed by atoms with Crippen LogP contribution in [0.5, 0.6) is 5.75 Å². The van der Waals surface area contributed by atoms with Crippen LogP contribution in [0.15, 0.2) is 54.4 Å². The number of aromatic nitrogens is 1. The van der Waals surface area contributed by atoms with E-state index in [1.165, 1.54) is 4.90 Å². The number of ketones is 1. The van der Waals surface area contributed by atoms with Crippen LogP contribution in [0.3, 0.4) is 0 Å². The molecule has 0 bridgehead atoms. The first-order valence-corrected chi connectivity index (χ1v) is 8.61. The molecule has 1 fully saturated rings. The summed E-state index contributed by atoms with van der Waals surface area (Å²) in [7, 11) is 1.54. The first-order valence-electron chi connectivity index (χ1n) is 8.61. The lowest BCUT2D eigenvalue weighted by atomic mass is 9.96. The second-order valence-electron chi connectivity index (χ2n) is 6.15. The summed E-state index contributed by atoms with van der Waals surface area (Å²) >= 11 is 0. The number of hydrogen-bond acceptors (Lipinski definition) is 6. The van der Waals surface area contributed by atoms with Gasteiger partial charge in [-0.1, -0.05) is 6.07 Å². The van der Waals surface area contributed by atoms with E-state index in [0.717, 1.165) is 0 Å². The van der Waals surface area contributed by atoms with Crippen LogP contribution in [-0.2, 0) is 9.59 Å². The monoisotopic (exact) mass is 367 g/mol. The number of nitrogens with zero attached hydrogens (tertiary/aromatic N) is 2. The van der Waals surface area contributed by atoms with Crippen molar-refractivity contribution in [3.63, 3.8) is 0 Å². The van der Waals surface area contributed by atoms with E-state index in [0.29, 0.717) is 36.4 Å². The Morgan fingerprint density at radius 1 is 1.26 bits per heavy atom. The van der Waals surface area contributed by atoms with Crippen LogP contribution in [0.4, 0.5) is 0 Å². The van der Waals surface area contributed by atoms with E-state index < -0.39 is 17.7 Å². The van der Waals surface area contributed by atoms with Crippen LogP contribution in [-0.4, -0.2) is 46.9 Å². The van der Waals surface area contributed by atoms with Crippen LogP contribution < -0.4 is 10.5 Å². The van der Waals surface area contributed by atoms with Crippen molar-refractivity contribution < 1.29 is 19.4 Å². The number of methoxy groups -OCH3 is 1. The van der Waals surface area contributed by atoms with Gasteiger partial charge in [-0.15, -0.1) is 0 Å². The third-order valence-electron chi connectivity index (χ3n) is 4.51. The number of carbonyl (C=O) groups is 2. The molecule has 1 saturated heterocycles. The minimum absolute atomic E-state index is 0.0511. The van der Waals surface area contributed by atoms with E-state index in [1.807, 2.05) is 0 Å². The van der Waals surface area contributed by atoms with Crippen LogP contribution in [0.25, 0.3) is 5.76 Å². The zero-order valence-electron chi connectivity index (χ0n) is 15.0. The van der Waals surface area contributed by atoms with E-state index in [4.69, 9.17) is 10.5 Å². The van der Waals surface area contributed by atoms with Crippen molar-refractivity contribution in [2.75, 3.05) is 20.2 Å². The summed E-state index contributed by atoms with van der Waals surface area (Å²) in [4.78, 5) is 30.8. The van der Waals surface area contributed by atoms with E-state index in [1.54, 1.807) is 55.9 Å². The lowest BCUT2D eigenvalue weighted by molar-refractivity contribution is -0.139. The van der Waals surface area contributed by atoms with Gasteiger partial charge in [-0.3, -0.25) is 14.6 Å². The summed E-state index contributed by atoms with van der Waals surface area (Å²) in [5.41, 5.74) is 6.71. The molecule has 0 radical (unpaired) electrons. The van der Waals surface area contributed by atoms with Gasteiger partial charge in [-0.2, -0.15) is 0 Å². The number of hydrogen-bond donors (Lipinski definition) is 2. The Morgan fingerprint density at radius 2 is 2.00 bits per heavy atom. The fourth-order valence-electron chi connectivity index (χ4n) is 3.16. The number of ether oxygens (including phenoxy) is 1. The molecule has 1 aromatic carbocycles. The smallest absolute Gasteiger partial charge is 0.295 e. The highest BCUT2D eigenvalue weighted by Crippen LogP contribution is 2.39. The van der Waals surface area contributed by atoms with Crippen LogP contribution in [0, 0.1) is 0 Å². The van der Waals surface area contributed by atoms with Crippen molar-refractivity contribution in [3.8, 4) is 5.75 Å². The molecule has 1 aliphatic heterocycles. The Balaban J connectivity index is 2.11. The van der Waals surface area contributed by atoms with Crippen molar-refractivity contribution in [3.05, 3.63) is 65.5 Å². The molecule has 0 saturated carbocycles. The SMILES string of the molecule is COc1ccc(/C(O)=C2\C(=O)C(=O)N(CCCN)C2c2cccnc2)cc1. The Hall–Kier alpha value is -3.19. The molecule has 2 aromatic rings. The second-order valence-corrected chi connectivity index (χ2v) is 6.15. The molecular weight excluding hydrogens is 346 g/mol. The molecule has 3 rings (SSSR count). The van der Waals surface area contributed by atoms with Crippen molar-refractivity contribution in [2.45, 2.75) is 12.5 Å². The zero-order chi connectivity index (χ0) is 19.4. The van der Waals surface area contributed by atoms with Gasteiger partial charge in [0.2, 0.25) is 0 Å². The standard InChI is InChI=1S/C20H21N3O4/c1-27-15-7-5-13(6-8-15)18(24)16-17(14-4-2-10-22-12-14)23(11-3-9-21)20(26)19(16)25/h2,4-8,10,12,17,24H,3,9,11,21H2,1H3/b18-16+. The fraction of sp³-hybridized carbons (Fsp3) is 0.250. The van der Waals surface area contributed by atoms with Crippen molar-refractivity contribution in [1.82, 2.24) is 9.88 Å². The van der Waals surface area contributed by atoms with Crippen molar-refractivity contribution >= 4 is 17.4 Å². The van der Waals surface area contributed by atoms with Crippen LogP contribution in [0.1, 0.15) is 23.6 Å². The highest BCUT2D eigenvalue weighted by atomic mass is 16.5. The third kappa shape index (κ3) is 3.54. The molecule has 7 nitrogen and oxygen atoms in total. The third-order valence-corrected chi connectivity index (χ3v) is 4.51. The fourth-order valence-corrected chi connectivity index (χ4v) is 3.16. The molecule has 1 amide bonds. The summed E-state index contributed by atoms with van der Waals surface area (Å²) in [5.74, 6) is -0.958. The van der Waals surface area contributed by atoms with Gasteiger partial charge in [-0.25, -0.2) is 0 Å². The minimum atomic E-state index is -0.714. The Bertz CT molecular complexity index is 863. The zero-order valence-corrected chi connectivity index (χ0v) is 15.0. The first kappa shape index (κ1) is 18.6. The van der Waals surface area contributed by atoms with Crippen LogP contribution in [0.2, 0.25) is 0 Å². The number of Topliss-reactive ketones (excluding diaryl/α,β-unsaturated/α-hetero) is 1. The molecule has 0 spiro atoms. The summed E-state index contributed by atoms with van der Waals surface area (Å²) in [6.07, 6.45) is 3.75. The summed E-state index contributed by atoms with van der Waals surface area (Å²) < 4.78 is 5.12. The highest BCUT2D eigenvalue weighted by molar-refractivity contribution is 6.46. The number of aliphatic hydroxyl groups is 1. The van der Waals surface area contributed by atoms with E-state index in [2.05, 4.69) is 4.98 Å². The Labute approximate surface area is 157 Å². The largest absolute Gasteiger partial charge is 0.507 e. The summed E-state index contributed by atoms with van der Waals surface area (Å²) in [6.45, 7) is 0.710. The lowest BCUT2D eigenvalue weighted by Gasteiger charge is -2.24. The number of carbonyl (C=O) groups excluding carboxylic acids is 2. The average Bonchev–Trinajstić information content (AvgIpc) is 2.97. The Kier molecular flexibility index (Phi) is 5.52. The first-order chi connectivity index (χ1) is 13.1. The number of amides is 1. The molecule has 0 aliphatic carbocycles. The quantitative estimate of drug-likeness (QED) is 0.459. The molecule has 140 valence electrons. The highest BCUT2D eigenvalue weighted by Gasteiger charge is 2.45. The van der Waals surface area contributed by atoms with Crippen LogP contribution >= 0.6 is 0 Å². The lowest BCUT2D eigenvalue weighted by Crippen LogP contribution is -2.31. The molecule has 27 heavy (non-hydrogen) atoms. The van der Waals surface area contributed by atoms with Gasteiger partial charge in [0.15, 0.2) is 0 Å². The van der Waals surface area contributed by atoms with Crippen molar-refractivity contribution in [2.24, 2.45) is 5.73 Å². The number of rotatable bonds is 6. The normalized spacial score (nSPS) is 18.7. The van der Waals surface area contributed by atoms with Gasteiger partial charge in [0, 0.05) is 24.5 Å². The molecule has 2 heterocycles. The van der Waals surface area contributed by atoms with Gasteiger partial charge in [-0.05, 0) is 48.9 Å². The second kappa shape index (κ2) is 8.01. The minimum Gasteiger partial charge on any atom is -0.507 e. The maximum Gasteiger partial charge on any atom is 0.295 e. The molecule has 7 heteroatoms. The van der Waals surface area contributed by atoms with Gasteiger partial charge >= 0.3 is 0 Å². The van der Waals surface area contributed by atoms with Gasteiger partial charge in [0.25, 0.3) is 11.7 Å². The topological polar surface area (TPSA) is 106 Å². The number of benzene rings is 1. The number of pyridine rings is 1. The van der Waals surface area contributed by atoms with Gasteiger partial charge < -0.3 is 20.5 Å². The molecule has 1 unspecified atom stereocenters. The summed E-state index contributed by atoms with van der Waals surface area (Å²) in [5, 5.41) is 10.8. The van der Waals surface area contributed by atoms with E-state index >= 15 is 0 Å². The van der Waals surface area contributed by atoms with E-state index in [-0.39, 0.29) is 11.3 Å². The van der Waals surface area contributed by atoms with Gasteiger partial charge in [0.05, 0.1) is 18.7 Å².